The quantitative estimate of drug-likeness (QED) is 0.819. The molecule has 0 saturated heterocycles. The molecule has 5 nitrogen and oxygen atoms in total. The van der Waals surface area contributed by atoms with Crippen molar-refractivity contribution in [2.45, 2.75) is 24.7 Å². The Bertz CT molecular complexity index is 546. The van der Waals surface area contributed by atoms with Crippen LogP contribution in [0.3, 0.4) is 0 Å². The van der Waals surface area contributed by atoms with Gasteiger partial charge in [0.2, 0.25) is 0 Å². The summed E-state index contributed by atoms with van der Waals surface area (Å²) in [6.45, 7) is 3.76. The summed E-state index contributed by atoms with van der Waals surface area (Å²) < 4.78 is 30.7. The Balaban J connectivity index is 0.000000269. The van der Waals surface area contributed by atoms with Crippen molar-refractivity contribution in [3.8, 4) is 0 Å². The van der Waals surface area contributed by atoms with Gasteiger partial charge in [0, 0.05) is 12.4 Å². The van der Waals surface area contributed by atoms with Crippen LogP contribution in [0.15, 0.2) is 47.9 Å². The summed E-state index contributed by atoms with van der Waals surface area (Å²) in [5.41, 5.74) is 0.644. The lowest BCUT2D eigenvalue weighted by Crippen LogP contribution is -2.03. The highest BCUT2D eigenvalue weighted by Gasteiger charge is 2.15. The molecule has 6 heteroatoms. The summed E-state index contributed by atoms with van der Waals surface area (Å²) in [5.74, 6) is 0.0816. The molecular formula is C12H16N2O3S. The zero-order valence-corrected chi connectivity index (χ0v) is 11.1. The van der Waals surface area contributed by atoms with Gasteiger partial charge in [0.05, 0.1) is 11.2 Å². The van der Waals surface area contributed by atoms with Gasteiger partial charge in [0.15, 0.2) is 0 Å². The Morgan fingerprint density at radius 3 is 2.28 bits per heavy atom. The molecule has 0 unspecified atom stereocenters. The molecule has 98 valence electrons. The van der Waals surface area contributed by atoms with Crippen molar-refractivity contribution in [3.05, 3.63) is 48.5 Å². The fourth-order valence-electron chi connectivity index (χ4n) is 1.41. The summed E-state index contributed by atoms with van der Waals surface area (Å²) in [5, 5.41) is 0. The van der Waals surface area contributed by atoms with E-state index in [1.54, 1.807) is 36.9 Å². The number of hydrogen-bond acceptors (Lipinski definition) is 3. The number of benzene rings is 1. The van der Waals surface area contributed by atoms with Crippen LogP contribution in [-0.2, 0) is 10.1 Å². The van der Waals surface area contributed by atoms with E-state index >= 15 is 0 Å². The number of nitrogens with one attached hydrogen (secondary N) is 1. The molecule has 1 heterocycles. The number of nitrogens with zero attached hydrogens (tertiary/aromatic N) is 1. The lowest BCUT2D eigenvalue weighted by Gasteiger charge is -2.09. The fraction of sp³-hybridized carbons (Fsp3) is 0.250. The van der Waals surface area contributed by atoms with Crippen LogP contribution in [0, 0.1) is 0 Å². The second kappa shape index (κ2) is 6.32. The van der Waals surface area contributed by atoms with Crippen LogP contribution in [0.1, 0.15) is 25.3 Å². The van der Waals surface area contributed by atoms with Crippen molar-refractivity contribution in [2.24, 2.45) is 0 Å². The predicted molar refractivity (Wildman–Crippen MR) is 68.9 cm³/mol. The zero-order chi connectivity index (χ0) is 13.6. The Kier molecular flexibility index (Phi) is 5.06. The maximum Gasteiger partial charge on any atom is 0.294 e. The highest BCUT2D eigenvalue weighted by molar-refractivity contribution is 7.85. The Hall–Kier alpha value is -1.66. The fourth-order valence-corrected chi connectivity index (χ4v) is 2.26. The molecule has 0 aliphatic heterocycles. The van der Waals surface area contributed by atoms with Crippen molar-refractivity contribution >= 4 is 10.1 Å². The number of hydrogen-bond donors (Lipinski definition) is 2. The summed E-state index contributed by atoms with van der Waals surface area (Å²) in [6, 6.07) is 6.46. The van der Waals surface area contributed by atoms with Gasteiger partial charge in [-0.15, -0.1) is 0 Å². The molecule has 0 bridgehead atoms. The van der Waals surface area contributed by atoms with Crippen molar-refractivity contribution in [2.75, 3.05) is 0 Å². The van der Waals surface area contributed by atoms with E-state index in [-0.39, 0.29) is 10.8 Å². The van der Waals surface area contributed by atoms with Crippen LogP contribution in [0.2, 0.25) is 0 Å². The number of aromatic nitrogens is 2. The first kappa shape index (κ1) is 14.4. The molecule has 18 heavy (non-hydrogen) atoms. The third-order valence-electron chi connectivity index (χ3n) is 2.22. The molecule has 0 saturated carbocycles. The summed E-state index contributed by atoms with van der Waals surface area (Å²) in [4.78, 5) is 6.42. The molecule has 0 fully saturated rings. The van der Waals surface area contributed by atoms with E-state index in [0.717, 1.165) is 0 Å². The smallest absolute Gasteiger partial charge is 0.294 e. The summed E-state index contributed by atoms with van der Waals surface area (Å²) in [7, 11) is -4.08. The number of rotatable bonds is 2. The van der Waals surface area contributed by atoms with E-state index in [1.807, 2.05) is 13.8 Å². The molecule has 0 spiro atoms. The molecule has 0 radical (unpaired) electrons. The standard InChI is InChI=1S/C9H12O3S.C3H4N2/c1-7(2)8-5-3-4-6-9(8)13(10,11)12;1-2-5-3-4-1/h3-7H,1-2H3,(H,10,11,12);1-3H,(H,4,5). The Labute approximate surface area is 107 Å². The first-order valence-corrected chi connectivity index (χ1v) is 6.86. The van der Waals surface area contributed by atoms with E-state index < -0.39 is 10.1 Å². The van der Waals surface area contributed by atoms with Crippen LogP contribution in [0.25, 0.3) is 0 Å². The van der Waals surface area contributed by atoms with Gasteiger partial charge in [-0.1, -0.05) is 32.0 Å². The lowest BCUT2D eigenvalue weighted by molar-refractivity contribution is 0.481. The topological polar surface area (TPSA) is 83.0 Å². The molecule has 0 atom stereocenters. The van der Waals surface area contributed by atoms with E-state index in [1.165, 1.54) is 6.07 Å². The van der Waals surface area contributed by atoms with Crippen LogP contribution in [0.5, 0.6) is 0 Å². The maximum atomic E-state index is 10.9. The van der Waals surface area contributed by atoms with Crippen LogP contribution < -0.4 is 0 Å². The van der Waals surface area contributed by atoms with Crippen molar-refractivity contribution < 1.29 is 13.0 Å². The number of H-pyrrole nitrogens is 1. The summed E-state index contributed by atoms with van der Waals surface area (Å²) in [6.07, 6.45) is 5.08. The van der Waals surface area contributed by atoms with Crippen molar-refractivity contribution in [1.82, 2.24) is 9.97 Å². The minimum Gasteiger partial charge on any atom is -0.351 e. The van der Waals surface area contributed by atoms with Crippen molar-refractivity contribution in [3.63, 3.8) is 0 Å². The van der Waals surface area contributed by atoms with Gasteiger partial charge in [-0.3, -0.25) is 4.55 Å². The third-order valence-corrected chi connectivity index (χ3v) is 3.15. The molecule has 2 aromatic rings. The van der Waals surface area contributed by atoms with Gasteiger partial charge >= 0.3 is 0 Å². The monoisotopic (exact) mass is 268 g/mol. The molecule has 0 aliphatic rings. The minimum atomic E-state index is -4.08. The molecule has 2 N–H and O–H groups in total. The maximum absolute atomic E-state index is 10.9. The molecule has 1 aromatic heterocycles. The van der Waals surface area contributed by atoms with Gasteiger partial charge in [-0.2, -0.15) is 8.42 Å². The van der Waals surface area contributed by atoms with Gasteiger partial charge in [0.1, 0.15) is 0 Å². The second-order valence-electron chi connectivity index (χ2n) is 3.93. The molecule has 0 amide bonds. The van der Waals surface area contributed by atoms with Crippen molar-refractivity contribution in [1.29, 1.82) is 0 Å². The zero-order valence-electron chi connectivity index (χ0n) is 10.2. The third kappa shape index (κ3) is 4.31. The number of aromatic amines is 1. The van der Waals surface area contributed by atoms with Gasteiger partial charge in [0.25, 0.3) is 10.1 Å². The highest BCUT2D eigenvalue weighted by Crippen LogP contribution is 2.22. The Morgan fingerprint density at radius 2 is 1.94 bits per heavy atom. The SMILES string of the molecule is CC(C)c1ccccc1S(=O)(=O)O.c1c[nH]cn1. The Morgan fingerprint density at radius 1 is 1.28 bits per heavy atom. The van der Waals surface area contributed by atoms with E-state index in [9.17, 15) is 8.42 Å². The van der Waals surface area contributed by atoms with E-state index in [4.69, 9.17) is 4.55 Å². The molecule has 1 aromatic carbocycles. The van der Waals surface area contributed by atoms with Crippen LogP contribution in [-0.4, -0.2) is 22.9 Å². The van der Waals surface area contributed by atoms with Gasteiger partial charge in [-0.25, -0.2) is 4.98 Å². The van der Waals surface area contributed by atoms with Crippen LogP contribution >= 0.6 is 0 Å². The number of imidazole rings is 1. The normalized spacial score (nSPS) is 10.9. The van der Waals surface area contributed by atoms with E-state index in [0.29, 0.717) is 5.56 Å². The molecule has 0 aliphatic carbocycles. The average Bonchev–Trinajstić information content (AvgIpc) is 2.86. The van der Waals surface area contributed by atoms with Gasteiger partial charge in [-0.05, 0) is 17.5 Å². The molecular weight excluding hydrogens is 252 g/mol. The van der Waals surface area contributed by atoms with Crippen LogP contribution in [0.4, 0.5) is 0 Å². The first-order valence-electron chi connectivity index (χ1n) is 5.42. The van der Waals surface area contributed by atoms with Gasteiger partial charge < -0.3 is 4.98 Å². The predicted octanol–water partition coefficient (Wildman–Crippen LogP) is 2.47. The van der Waals surface area contributed by atoms with E-state index in [2.05, 4.69) is 9.97 Å². The highest BCUT2D eigenvalue weighted by atomic mass is 32.2. The minimum absolute atomic E-state index is 0.00463. The molecule has 2 rings (SSSR count). The average molecular weight is 268 g/mol. The second-order valence-corrected chi connectivity index (χ2v) is 5.32. The largest absolute Gasteiger partial charge is 0.351 e. The summed E-state index contributed by atoms with van der Waals surface area (Å²) >= 11 is 0. The first-order chi connectivity index (χ1) is 8.43. The lowest BCUT2D eigenvalue weighted by atomic mass is 10.0.